The van der Waals surface area contributed by atoms with Gasteiger partial charge in [0.15, 0.2) is 0 Å². The van der Waals surface area contributed by atoms with E-state index in [-0.39, 0.29) is 23.3 Å². The van der Waals surface area contributed by atoms with E-state index in [0.29, 0.717) is 11.6 Å². The van der Waals surface area contributed by atoms with Crippen LogP contribution in [0.25, 0.3) is 21.3 Å². The second-order valence-electron chi connectivity index (χ2n) is 11.0. The molecule has 2 aliphatic heterocycles. The third-order valence-corrected chi connectivity index (χ3v) is 8.90. The number of aryl methyl sites for hydroxylation is 2. The van der Waals surface area contributed by atoms with Crippen molar-refractivity contribution in [2.45, 2.75) is 51.2 Å². The second-order valence-corrected chi connectivity index (χ2v) is 12.1. The molecule has 5 heterocycles. The van der Waals surface area contributed by atoms with Crippen molar-refractivity contribution >= 4 is 27.2 Å². The van der Waals surface area contributed by atoms with E-state index >= 15 is 0 Å². The molecule has 0 aliphatic carbocycles. The number of fused-ring (bicyclic) bond motifs is 2. The van der Waals surface area contributed by atoms with Gasteiger partial charge < -0.3 is 14.8 Å². The van der Waals surface area contributed by atoms with E-state index < -0.39 is 0 Å². The Kier molecular flexibility index (Phi) is 5.97. The Hall–Kier alpha value is -3.74. The average Bonchev–Trinajstić information content (AvgIpc) is 3.49. The first-order valence-corrected chi connectivity index (χ1v) is 13.8. The fraction of sp³-hybridized carbons (Fsp3) is 0.379. The zero-order valence-electron chi connectivity index (χ0n) is 21.8. The number of anilines is 1. The Balaban J connectivity index is 1.49. The van der Waals surface area contributed by atoms with Crippen LogP contribution in [0.1, 0.15) is 42.7 Å². The summed E-state index contributed by atoms with van der Waals surface area (Å²) >= 11 is 1.55. The normalized spacial score (nSPS) is 18.5. The van der Waals surface area contributed by atoms with E-state index in [2.05, 4.69) is 35.1 Å². The zero-order valence-corrected chi connectivity index (χ0v) is 22.6. The van der Waals surface area contributed by atoms with Crippen LogP contribution in [-0.4, -0.2) is 38.8 Å². The topological polar surface area (TPSA) is 95.9 Å². The fourth-order valence-electron chi connectivity index (χ4n) is 5.95. The van der Waals surface area contributed by atoms with E-state index in [4.69, 9.17) is 0 Å². The van der Waals surface area contributed by atoms with E-state index in [1.54, 1.807) is 24.6 Å². The molecule has 1 aromatic carbocycles. The maximum atomic E-state index is 12.6. The maximum absolute atomic E-state index is 12.6. The van der Waals surface area contributed by atoms with Gasteiger partial charge in [-0.2, -0.15) is 5.26 Å². The van der Waals surface area contributed by atoms with Crippen LogP contribution in [0, 0.1) is 11.3 Å². The van der Waals surface area contributed by atoms with Crippen molar-refractivity contribution in [3.63, 3.8) is 0 Å². The molecule has 38 heavy (non-hydrogen) atoms. The van der Waals surface area contributed by atoms with Crippen LogP contribution in [-0.2, 0) is 20.0 Å². The summed E-state index contributed by atoms with van der Waals surface area (Å²) in [6, 6.07) is 12.2. The van der Waals surface area contributed by atoms with Gasteiger partial charge in [0.1, 0.15) is 0 Å². The SMILES string of the molecule is Cn1ccc(=O)n(Cc2cc3nccc(-c4cc(C#N)cc5c4N(C4CNC(C)(C)C4)CCC5)c3s2)c1=O. The number of nitrogens with one attached hydrogen (secondary N) is 1. The molecule has 0 radical (unpaired) electrons. The molecule has 1 N–H and O–H groups in total. The van der Waals surface area contributed by atoms with Gasteiger partial charge in [0.2, 0.25) is 0 Å². The Labute approximate surface area is 224 Å². The van der Waals surface area contributed by atoms with Gasteiger partial charge in [0.05, 0.1) is 28.4 Å². The van der Waals surface area contributed by atoms with Gasteiger partial charge >= 0.3 is 5.69 Å². The van der Waals surface area contributed by atoms with Crippen LogP contribution in [0.2, 0.25) is 0 Å². The summed E-state index contributed by atoms with van der Waals surface area (Å²) in [4.78, 5) is 33.1. The van der Waals surface area contributed by atoms with Crippen LogP contribution < -0.4 is 21.5 Å². The average molecular weight is 527 g/mol. The van der Waals surface area contributed by atoms with Crippen molar-refractivity contribution in [2.75, 3.05) is 18.0 Å². The number of aromatic nitrogens is 3. The van der Waals surface area contributed by atoms with Crippen LogP contribution in [0.4, 0.5) is 5.69 Å². The van der Waals surface area contributed by atoms with Gasteiger partial charge in [0.25, 0.3) is 5.56 Å². The number of hydrogen-bond acceptors (Lipinski definition) is 7. The predicted octanol–water partition coefficient (Wildman–Crippen LogP) is 3.64. The third kappa shape index (κ3) is 4.24. The highest BCUT2D eigenvalue weighted by atomic mass is 32.1. The lowest BCUT2D eigenvalue weighted by atomic mass is 9.90. The predicted molar refractivity (Wildman–Crippen MR) is 151 cm³/mol. The molecule has 0 amide bonds. The van der Waals surface area contributed by atoms with Gasteiger partial charge in [-0.25, -0.2) is 4.79 Å². The molecule has 0 bridgehead atoms. The Bertz CT molecular complexity index is 1720. The number of pyridine rings is 1. The zero-order chi connectivity index (χ0) is 26.6. The highest BCUT2D eigenvalue weighted by Crippen LogP contribution is 2.44. The van der Waals surface area contributed by atoms with Gasteiger partial charge in [-0.1, -0.05) is 0 Å². The van der Waals surface area contributed by atoms with E-state index in [0.717, 1.165) is 58.6 Å². The second kappa shape index (κ2) is 9.22. The summed E-state index contributed by atoms with van der Waals surface area (Å²) in [5.74, 6) is 0. The van der Waals surface area contributed by atoms with E-state index in [9.17, 15) is 14.9 Å². The highest BCUT2D eigenvalue weighted by Gasteiger charge is 2.36. The molecule has 1 saturated heterocycles. The van der Waals surface area contributed by atoms with Crippen LogP contribution in [0.5, 0.6) is 0 Å². The van der Waals surface area contributed by atoms with E-state index in [1.807, 2.05) is 24.3 Å². The van der Waals surface area contributed by atoms with Crippen molar-refractivity contribution in [1.29, 1.82) is 5.26 Å². The molecule has 1 unspecified atom stereocenters. The summed E-state index contributed by atoms with van der Waals surface area (Å²) in [5, 5.41) is 13.5. The maximum Gasteiger partial charge on any atom is 0.331 e. The molecular weight excluding hydrogens is 496 g/mol. The van der Waals surface area contributed by atoms with Gasteiger partial charge in [-0.05, 0) is 62.9 Å². The van der Waals surface area contributed by atoms with Gasteiger partial charge in [-0.3, -0.25) is 14.3 Å². The Morgan fingerprint density at radius 2 is 2.05 bits per heavy atom. The lowest BCUT2D eigenvalue weighted by Gasteiger charge is -2.38. The molecule has 8 nitrogen and oxygen atoms in total. The molecular formula is C29H30N6O2S. The largest absolute Gasteiger partial charge is 0.366 e. The molecule has 194 valence electrons. The minimum absolute atomic E-state index is 0.0915. The first-order chi connectivity index (χ1) is 18.2. The molecule has 1 atom stereocenters. The van der Waals surface area contributed by atoms with Crippen LogP contribution in [0.3, 0.4) is 0 Å². The minimum Gasteiger partial charge on any atom is -0.366 e. The summed E-state index contributed by atoms with van der Waals surface area (Å²) < 4.78 is 3.65. The summed E-state index contributed by atoms with van der Waals surface area (Å²) in [6.07, 6.45) is 6.36. The van der Waals surface area contributed by atoms with Crippen molar-refractivity contribution < 1.29 is 0 Å². The number of benzene rings is 1. The van der Waals surface area contributed by atoms with Crippen molar-refractivity contribution in [3.05, 3.63) is 79.6 Å². The highest BCUT2D eigenvalue weighted by molar-refractivity contribution is 7.19. The number of nitrogens with zero attached hydrogens (tertiary/aromatic N) is 5. The smallest absolute Gasteiger partial charge is 0.331 e. The molecule has 3 aromatic heterocycles. The standard InChI is InChI=1S/C29H30N6O2S/c1-29(2)14-20(16-32-29)34-9-4-5-19-11-18(15-30)12-23(26(19)34)22-6-8-31-24-13-21(38-27(22)24)17-35-25(36)7-10-33(3)28(35)37/h6-8,10-13,20,32H,4-5,9,14,16-17H2,1-3H3. The third-order valence-electron chi connectivity index (χ3n) is 7.76. The number of rotatable bonds is 4. The molecule has 9 heteroatoms. The molecule has 0 saturated carbocycles. The van der Waals surface area contributed by atoms with Gasteiger partial charge in [-0.15, -0.1) is 11.3 Å². The lowest BCUT2D eigenvalue weighted by Crippen LogP contribution is -2.40. The monoisotopic (exact) mass is 526 g/mol. The Morgan fingerprint density at radius 1 is 1.21 bits per heavy atom. The molecule has 4 aromatic rings. The summed E-state index contributed by atoms with van der Waals surface area (Å²) in [6.45, 7) is 6.61. The molecule has 2 aliphatic rings. The summed E-state index contributed by atoms with van der Waals surface area (Å²) in [5.41, 5.74) is 5.43. The van der Waals surface area contributed by atoms with Crippen molar-refractivity contribution in [2.24, 2.45) is 7.05 Å². The molecule has 0 spiro atoms. The van der Waals surface area contributed by atoms with Crippen molar-refractivity contribution in [1.82, 2.24) is 19.4 Å². The Morgan fingerprint density at radius 3 is 2.82 bits per heavy atom. The van der Waals surface area contributed by atoms with Crippen LogP contribution >= 0.6 is 11.3 Å². The van der Waals surface area contributed by atoms with Crippen molar-refractivity contribution in [3.8, 4) is 17.2 Å². The molecule has 1 fully saturated rings. The van der Waals surface area contributed by atoms with Gasteiger partial charge in [0, 0.05) is 71.9 Å². The molecule has 6 rings (SSSR count). The van der Waals surface area contributed by atoms with Crippen LogP contribution in [0.15, 0.2) is 52.3 Å². The number of thiophene rings is 1. The lowest BCUT2D eigenvalue weighted by molar-refractivity contribution is 0.450. The minimum atomic E-state index is -0.345. The first kappa shape index (κ1) is 24.6. The first-order valence-electron chi connectivity index (χ1n) is 13.0. The fourth-order valence-corrected chi connectivity index (χ4v) is 7.08. The quantitative estimate of drug-likeness (QED) is 0.436. The number of nitriles is 1. The van der Waals surface area contributed by atoms with E-state index in [1.165, 1.54) is 32.6 Å². The summed E-state index contributed by atoms with van der Waals surface area (Å²) in [7, 11) is 1.64. The number of hydrogen-bond donors (Lipinski definition) is 1.